The summed E-state index contributed by atoms with van der Waals surface area (Å²) in [6, 6.07) is 11.8. The SMILES string of the molecule is CC(=O)c1cccc(S(=O)(=O)N2CCC(C(=O)c3ccc(C)c(C)c3)CC2)c1. The van der Waals surface area contributed by atoms with Crippen LogP contribution in [-0.2, 0) is 10.0 Å². The van der Waals surface area contributed by atoms with Gasteiger partial charge in [0.15, 0.2) is 11.6 Å². The van der Waals surface area contributed by atoms with Crippen molar-refractivity contribution in [1.29, 1.82) is 0 Å². The number of hydrogen-bond acceptors (Lipinski definition) is 4. The highest BCUT2D eigenvalue weighted by Crippen LogP contribution is 2.27. The molecule has 0 amide bonds. The second-order valence-corrected chi connectivity index (χ2v) is 9.36. The average Bonchev–Trinajstić information content (AvgIpc) is 2.69. The third-order valence-electron chi connectivity index (χ3n) is 5.49. The van der Waals surface area contributed by atoms with Gasteiger partial charge in [-0.2, -0.15) is 4.31 Å². The fourth-order valence-corrected chi connectivity index (χ4v) is 5.03. The molecule has 0 aromatic heterocycles. The van der Waals surface area contributed by atoms with Crippen LogP contribution in [-0.4, -0.2) is 37.4 Å². The molecule has 1 saturated heterocycles. The van der Waals surface area contributed by atoms with Crippen molar-refractivity contribution >= 4 is 21.6 Å². The van der Waals surface area contributed by atoms with Crippen molar-refractivity contribution in [3.8, 4) is 0 Å². The van der Waals surface area contributed by atoms with Gasteiger partial charge in [-0.3, -0.25) is 9.59 Å². The van der Waals surface area contributed by atoms with Crippen molar-refractivity contribution in [3.63, 3.8) is 0 Å². The van der Waals surface area contributed by atoms with E-state index in [1.54, 1.807) is 12.1 Å². The Morgan fingerprint density at radius 3 is 2.21 bits per heavy atom. The summed E-state index contributed by atoms with van der Waals surface area (Å²) in [5.74, 6) is -0.259. The maximum Gasteiger partial charge on any atom is 0.243 e. The first kappa shape index (κ1) is 20.4. The van der Waals surface area contributed by atoms with Gasteiger partial charge in [0, 0.05) is 30.1 Å². The molecule has 0 aliphatic carbocycles. The number of benzene rings is 2. The first-order valence-electron chi connectivity index (χ1n) is 9.43. The summed E-state index contributed by atoms with van der Waals surface area (Å²) in [4.78, 5) is 24.5. The van der Waals surface area contributed by atoms with Crippen LogP contribution < -0.4 is 0 Å². The number of piperidine rings is 1. The number of nitrogens with zero attached hydrogens (tertiary/aromatic N) is 1. The zero-order valence-corrected chi connectivity index (χ0v) is 17.3. The van der Waals surface area contributed by atoms with Crippen LogP contribution in [0.2, 0.25) is 0 Å². The van der Waals surface area contributed by atoms with Crippen molar-refractivity contribution in [2.24, 2.45) is 5.92 Å². The second-order valence-electron chi connectivity index (χ2n) is 7.43. The minimum Gasteiger partial charge on any atom is -0.295 e. The van der Waals surface area contributed by atoms with E-state index in [9.17, 15) is 18.0 Å². The molecule has 1 aliphatic rings. The number of carbonyl (C=O) groups is 2. The highest BCUT2D eigenvalue weighted by Gasteiger charge is 2.32. The molecule has 0 radical (unpaired) electrons. The molecule has 0 unspecified atom stereocenters. The number of ketones is 2. The molecule has 0 atom stereocenters. The van der Waals surface area contributed by atoms with E-state index in [-0.39, 0.29) is 22.4 Å². The van der Waals surface area contributed by atoms with Crippen molar-refractivity contribution in [2.75, 3.05) is 13.1 Å². The molecule has 1 fully saturated rings. The van der Waals surface area contributed by atoms with E-state index in [2.05, 4.69) is 0 Å². The van der Waals surface area contributed by atoms with E-state index in [1.165, 1.54) is 23.4 Å². The summed E-state index contributed by atoms with van der Waals surface area (Å²) in [6.45, 7) is 6.00. The van der Waals surface area contributed by atoms with Gasteiger partial charge >= 0.3 is 0 Å². The fourth-order valence-electron chi connectivity index (χ4n) is 3.51. The summed E-state index contributed by atoms with van der Waals surface area (Å²) in [5, 5.41) is 0. The first-order valence-corrected chi connectivity index (χ1v) is 10.9. The first-order chi connectivity index (χ1) is 13.2. The van der Waals surface area contributed by atoms with E-state index < -0.39 is 10.0 Å². The zero-order chi connectivity index (χ0) is 20.5. The minimum absolute atomic E-state index is 0.0822. The highest BCUT2D eigenvalue weighted by molar-refractivity contribution is 7.89. The van der Waals surface area contributed by atoms with Crippen LogP contribution in [0.25, 0.3) is 0 Å². The van der Waals surface area contributed by atoms with E-state index in [0.717, 1.165) is 11.1 Å². The molecule has 148 valence electrons. The molecule has 1 aliphatic heterocycles. The van der Waals surface area contributed by atoms with Crippen molar-refractivity contribution in [2.45, 2.75) is 38.5 Å². The Kier molecular flexibility index (Phi) is 5.82. The number of carbonyl (C=O) groups excluding carboxylic acids is 2. The topological polar surface area (TPSA) is 71.5 Å². The Labute approximate surface area is 166 Å². The van der Waals surface area contributed by atoms with Gasteiger partial charge in [-0.25, -0.2) is 8.42 Å². The number of Topliss-reactive ketones (excluding diaryl/α,β-unsaturated/α-hetero) is 2. The van der Waals surface area contributed by atoms with Gasteiger partial charge in [0.05, 0.1) is 4.90 Å². The largest absolute Gasteiger partial charge is 0.295 e. The van der Waals surface area contributed by atoms with Gasteiger partial charge in [0.2, 0.25) is 10.0 Å². The third-order valence-corrected chi connectivity index (χ3v) is 7.39. The predicted octanol–water partition coefficient (Wildman–Crippen LogP) is 3.79. The molecule has 0 spiro atoms. The van der Waals surface area contributed by atoms with Crippen LogP contribution in [0, 0.1) is 19.8 Å². The Morgan fingerprint density at radius 2 is 1.61 bits per heavy atom. The highest BCUT2D eigenvalue weighted by atomic mass is 32.2. The summed E-state index contributed by atoms with van der Waals surface area (Å²) in [5.41, 5.74) is 3.29. The van der Waals surface area contributed by atoms with Gasteiger partial charge in [0.25, 0.3) is 0 Å². The lowest BCUT2D eigenvalue weighted by atomic mass is 9.88. The van der Waals surface area contributed by atoms with Gasteiger partial charge in [-0.1, -0.05) is 24.3 Å². The van der Waals surface area contributed by atoms with Gasteiger partial charge in [0.1, 0.15) is 0 Å². The predicted molar refractivity (Wildman–Crippen MR) is 108 cm³/mol. The Morgan fingerprint density at radius 1 is 0.929 bits per heavy atom. The zero-order valence-electron chi connectivity index (χ0n) is 16.4. The van der Waals surface area contributed by atoms with Crippen LogP contribution >= 0.6 is 0 Å². The number of rotatable bonds is 5. The monoisotopic (exact) mass is 399 g/mol. The van der Waals surface area contributed by atoms with Crippen molar-refractivity contribution in [1.82, 2.24) is 4.31 Å². The lowest BCUT2D eigenvalue weighted by molar-refractivity contribution is 0.0874. The number of sulfonamides is 1. The molecule has 6 heteroatoms. The molecule has 2 aromatic carbocycles. The van der Waals surface area contributed by atoms with Gasteiger partial charge in [-0.05, 0) is 62.9 Å². The normalized spacial score (nSPS) is 16.1. The van der Waals surface area contributed by atoms with E-state index in [0.29, 0.717) is 37.1 Å². The van der Waals surface area contributed by atoms with E-state index in [1.807, 2.05) is 32.0 Å². The average molecular weight is 400 g/mol. The van der Waals surface area contributed by atoms with Crippen LogP contribution in [0.15, 0.2) is 47.4 Å². The smallest absolute Gasteiger partial charge is 0.243 e. The molecule has 1 heterocycles. The molecular weight excluding hydrogens is 374 g/mol. The van der Waals surface area contributed by atoms with E-state index >= 15 is 0 Å². The summed E-state index contributed by atoms with van der Waals surface area (Å²) >= 11 is 0. The maximum atomic E-state index is 12.9. The molecule has 0 bridgehead atoms. The summed E-state index contributed by atoms with van der Waals surface area (Å²) in [7, 11) is -3.67. The Bertz CT molecular complexity index is 1020. The van der Waals surface area contributed by atoms with Crippen LogP contribution in [0.1, 0.15) is 51.6 Å². The maximum absolute atomic E-state index is 12.9. The number of aryl methyl sites for hydroxylation is 2. The van der Waals surface area contributed by atoms with Gasteiger partial charge < -0.3 is 0 Å². The quantitative estimate of drug-likeness (QED) is 0.717. The third kappa shape index (κ3) is 4.08. The Hall–Kier alpha value is -2.31. The molecule has 5 nitrogen and oxygen atoms in total. The second kappa shape index (κ2) is 7.97. The van der Waals surface area contributed by atoms with Crippen LogP contribution in [0.4, 0.5) is 0 Å². The van der Waals surface area contributed by atoms with Crippen LogP contribution in [0.5, 0.6) is 0 Å². The molecular formula is C22H25NO4S. The lowest BCUT2D eigenvalue weighted by Crippen LogP contribution is -2.40. The fraction of sp³-hybridized carbons (Fsp3) is 0.364. The standard InChI is InChI=1S/C22H25NO4S/c1-15-7-8-20(13-16(15)2)22(25)18-9-11-23(12-10-18)28(26,27)21-6-4-5-19(14-21)17(3)24/h4-8,13-14,18H,9-12H2,1-3H3. The summed E-state index contributed by atoms with van der Waals surface area (Å²) in [6.07, 6.45) is 0.995. The minimum atomic E-state index is -3.67. The molecule has 2 aromatic rings. The Balaban J connectivity index is 1.72. The van der Waals surface area contributed by atoms with Crippen molar-refractivity contribution in [3.05, 3.63) is 64.7 Å². The molecule has 0 N–H and O–H groups in total. The van der Waals surface area contributed by atoms with E-state index in [4.69, 9.17) is 0 Å². The molecule has 3 rings (SSSR count). The molecule has 0 saturated carbocycles. The van der Waals surface area contributed by atoms with Gasteiger partial charge in [-0.15, -0.1) is 0 Å². The number of hydrogen-bond donors (Lipinski definition) is 0. The lowest BCUT2D eigenvalue weighted by Gasteiger charge is -2.30. The van der Waals surface area contributed by atoms with Crippen molar-refractivity contribution < 1.29 is 18.0 Å². The molecule has 28 heavy (non-hydrogen) atoms. The van der Waals surface area contributed by atoms with Crippen LogP contribution in [0.3, 0.4) is 0 Å². The summed E-state index contributed by atoms with van der Waals surface area (Å²) < 4.78 is 27.3.